The molecule has 0 aliphatic heterocycles. The summed E-state index contributed by atoms with van der Waals surface area (Å²) in [6.07, 6.45) is 6.07. The molecule has 1 amide bonds. The van der Waals surface area contributed by atoms with Crippen LogP contribution in [0.25, 0.3) is 0 Å². The minimum Gasteiger partial charge on any atom is -0.349 e. The summed E-state index contributed by atoms with van der Waals surface area (Å²) in [5, 5.41) is 7.24. The van der Waals surface area contributed by atoms with Crippen LogP contribution in [0.4, 0.5) is 11.5 Å². The van der Waals surface area contributed by atoms with Gasteiger partial charge in [-0.05, 0) is 43.2 Å². The molecule has 1 aliphatic carbocycles. The fraction of sp³-hybridized carbons (Fsp3) is 0.294. The molecule has 1 aromatic carbocycles. The van der Waals surface area contributed by atoms with E-state index in [9.17, 15) is 4.79 Å². The van der Waals surface area contributed by atoms with Gasteiger partial charge in [0.15, 0.2) is 0 Å². The summed E-state index contributed by atoms with van der Waals surface area (Å²) < 4.78 is 0. The molecule has 3 rings (SSSR count). The average molecular weight is 350 g/mol. The van der Waals surface area contributed by atoms with Crippen LogP contribution in [0.5, 0.6) is 0 Å². The topological polar surface area (TPSA) is 54.0 Å². The van der Waals surface area contributed by atoms with Crippen molar-refractivity contribution in [2.75, 3.05) is 5.32 Å². The lowest BCUT2D eigenvalue weighted by Crippen LogP contribution is -2.32. The largest absolute Gasteiger partial charge is 0.349 e. The van der Waals surface area contributed by atoms with E-state index >= 15 is 0 Å². The van der Waals surface area contributed by atoms with E-state index in [-0.39, 0.29) is 5.91 Å². The minimum absolute atomic E-state index is 0.0690. The van der Waals surface area contributed by atoms with Crippen molar-refractivity contribution in [3.8, 4) is 0 Å². The molecule has 1 saturated carbocycles. The third-order valence-electron chi connectivity index (χ3n) is 3.91. The zero-order valence-electron chi connectivity index (χ0n) is 12.5. The molecular formula is C17H17Cl2N3O. The molecule has 0 bridgehead atoms. The molecule has 0 atom stereocenters. The number of carbonyl (C=O) groups excluding carboxylic acids is 1. The van der Waals surface area contributed by atoms with Crippen LogP contribution in [0.1, 0.15) is 36.0 Å². The van der Waals surface area contributed by atoms with Gasteiger partial charge < -0.3 is 10.6 Å². The highest BCUT2D eigenvalue weighted by Crippen LogP contribution is 2.27. The Morgan fingerprint density at radius 1 is 1.13 bits per heavy atom. The summed E-state index contributed by atoms with van der Waals surface area (Å²) >= 11 is 12.0. The monoisotopic (exact) mass is 349 g/mol. The Morgan fingerprint density at radius 3 is 2.57 bits per heavy atom. The predicted octanol–water partition coefficient (Wildman–Crippen LogP) is 4.80. The van der Waals surface area contributed by atoms with Gasteiger partial charge in [0.1, 0.15) is 5.82 Å². The van der Waals surface area contributed by atoms with Crippen LogP contribution < -0.4 is 10.6 Å². The van der Waals surface area contributed by atoms with E-state index in [4.69, 9.17) is 23.2 Å². The van der Waals surface area contributed by atoms with Crippen LogP contribution in [-0.4, -0.2) is 16.9 Å². The molecule has 0 saturated heterocycles. The van der Waals surface area contributed by atoms with E-state index in [1.807, 2.05) is 0 Å². The fourth-order valence-corrected chi connectivity index (χ4v) is 3.13. The molecule has 0 unspecified atom stereocenters. The van der Waals surface area contributed by atoms with Gasteiger partial charge in [0, 0.05) is 17.3 Å². The van der Waals surface area contributed by atoms with Crippen molar-refractivity contribution in [1.29, 1.82) is 0 Å². The van der Waals surface area contributed by atoms with Crippen molar-refractivity contribution < 1.29 is 4.79 Å². The van der Waals surface area contributed by atoms with Crippen molar-refractivity contribution >= 4 is 40.6 Å². The van der Waals surface area contributed by atoms with Crippen molar-refractivity contribution in [3.63, 3.8) is 0 Å². The lowest BCUT2D eigenvalue weighted by atomic mass is 10.2. The Hall–Kier alpha value is -1.78. The summed E-state index contributed by atoms with van der Waals surface area (Å²) in [7, 11) is 0. The first-order valence-corrected chi connectivity index (χ1v) is 8.36. The third kappa shape index (κ3) is 4.15. The van der Waals surface area contributed by atoms with Gasteiger partial charge in [-0.1, -0.05) is 36.0 Å². The molecule has 2 aromatic rings. The Bertz CT molecular complexity index is 697. The number of benzene rings is 1. The Balaban J connectivity index is 1.65. The number of nitrogens with zero attached hydrogens (tertiary/aromatic N) is 1. The van der Waals surface area contributed by atoms with Gasteiger partial charge in [-0.25, -0.2) is 4.98 Å². The number of halogens is 2. The van der Waals surface area contributed by atoms with Crippen molar-refractivity contribution in [1.82, 2.24) is 10.3 Å². The third-order valence-corrected chi connectivity index (χ3v) is 4.46. The number of aromatic nitrogens is 1. The smallest absolute Gasteiger partial charge is 0.253 e. The van der Waals surface area contributed by atoms with Crippen molar-refractivity contribution in [2.45, 2.75) is 31.7 Å². The molecule has 0 spiro atoms. The summed E-state index contributed by atoms with van der Waals surface area (Å²) in [6.45, 7) is 0. The maximum atomic E-state index is 12.2. The highest BCUT2D eigenvalue weighted by molar-refractivity contribution is 6.36. The molecule has 1 aliphatic rings. The molecule has 2 N–H and O–H groups in total. The van der Waals surface area contributed by atoms with Crippen LogP contribution in [0.2, 0.25) is 10.0 Å². The fourth-order valence-electron chi connectivity index (χ4n) is 2.67. The van der Waals surface area contributed by atoms with E-state index in [0.717, 1.165) is 12.8 Å². The number of carbonyl (C=O) groups is 1. The van der Waals surface area contributed by atoms with Gasteiger partial charge in [-0.15, -0.1) is 0 Å². The van der Waals surface area contributed by atoms with Gasteiger partial charge in [-0.2, -0.15) is 0 Å². The van der Waals surface area contributed by atoms with Gasteiger partial charge in [0.05, 0.1) is 16.3 Å². The SMILES string of the molecule is O=C(NC1CCCC1)c1ccc(Nc2ccc(Cl)cc2Cl)nc1. The van der Waals surface area contributed by atoms with E-state index in [0.29, 0.717) is 33.2 Å². The molecule has 120 valence electrons. The second kappa shape index (κ2) is 7.20. The first-order chi connectivity index (χ1) is 11.1. The lowest BCUT2D eigenvalue weighted by Gasteiger charge is -2.12. The maximum absolute atomic E-state index is 12.2. The number of nitrogens with one attached hydrogen (secondary N) is 2. The van der Waals surface area contributed by atoms with E-state index < -0.39 is 0 Å². The van der Waals surface area contributed by atoms with Gasteiger partial charge in [0.25, 0.3) is 5.91 Å². The quantitative estimate of drug-likeness (QED) is 0.832. The second-order valence-electron chi connectivity index (χ2n) is 5.64. The second-order valence-corrected chi connectivity index (χ2v) is 6.48. The predicted molar refractivity (Wildman–Crippen MR) is 93.7 cm³/mol. The van der Waals surface area contributed by atoms with Crippen LogP contribution in [0.15, 0.2) is 36.5 Å². The number of anilines is 2. The number of pyridine rings is 1. The number of rotatable bonds is 4. The van der Waals surface area contributed by atoms with Gasteiger partial charge in [0.2, 0.25) is 0 Å². The Morgan fingerprint density at radius 2 is 1.91 bits per heavy atom. The summed E-state index contributed by atoms with van der Waals surface area (Å²) in [6, 6.07) is 9.01. The van der Waals surface area contributed by atoms with Crippen molar-refractivity contribution in [2.24, 2.45) is 0 Å². The van der Waals surface area contributed by atoms with E-state index in [1.54, 1.807) is 36.5 Å². The van der Waals surface area contributed by atoms with Crippen LogP contribution >= 0.6 is 23.2 Å². The summed E-state index contributed by atoms with van der Waals surface area (Å²) in [5.41, 5.74) is 1.27. The first-order valence-electron chi connectivity index (χ1n) is 7.61. The molecule has 0 radical (unpaired) electrons. The molecule has 6 heteroatoms. The zero-order valence-corrected chi connectivity index (χ0v) is 14.0. The molecule has 1 fully saturated rings. The summed E-state index contributed by atoms with van der Waals surface area (Å²) in [5.74, 6) is 0.548. The highest BCUT2D eigenvalue weighted by atomic mass is 35.5. The van der Waals surface area contributed by atoms with E-state index in [1.165, 1.54) is 12.8 Å². The molecule has 23 heavy (non-hydrogen) atoms. The zero-order chi connectivity index (χ0) is 16.2. The first kappa shape index (κ1) is 16.1. The van der Waals surface area contributed by atoms with E-state index in [2.05, 4.69) is 15.6 Å². The Kier molecular flexibility index (Phi) is 5.03. The van der Waals surface area contributed by atoms with Crippen molar-refractivity contribution in [3.05, 3.63) is 52.1 Å². The summed E-state index contributed by atoms with van der Waals surface area (Å²) in [4.78, 5) is 16.4. The molecular weight excluding hydrogens is 333 g/mol. The number of hydrogen-bond acceptors (Lipinski definition) is 3. The van der Waals surface area contributed by atoms with Gasteiger partial charge >= 0.3 is 0 Å². The average Bonchev–Trinajstić information content (AvgIpc) is 3.04. The molecule has 1 heterocycles. The van der Waals surface area contributed by atoms with Crippen LogP contribution in [0, 0.1) is 0 Å². The molecule has 1 aromatic heterocycles. The standard InChI is InChI=1S/C17H17Cl2N3O/c18-12-6-7-15(14(19)9-12)22-16-8-5-11(10-20-16)17(23)21-13-3-1-2-4-13/h5-10,13H,1-4H2,(H,20,22)(H,21,23). The van der Waals surface area contributed by atoms with Gasteiger partial charge in [-0.3, -0.25) is 4.79 Å². The number of hydrogen-bond donors (Lipinski definition) is 2. The highest BCUT2D eigenvalue weighted by Gasteiger charge is 2.18. The Labute approximate surface area is 145 Å². The number of amides is 1. The minimum atomic E-state index is -0.0690. The normalized spacial score (nSPS) is 14.7. The van der Waals surface area contributed by atoms with Crippen LogP contribution in [-0.2, 0) is 0 Å². The lowest BCUT2D eigenvalue weighted by molar-refractivity contribution is 0.0937. The molecule has 4 nitrogen and oxygen atoms in total. The maximum Gasteiger partial charge on any atom is 0.253 e. The van der Waals surface area contributed by atoms with Crippen LogP contribution in [0.3, 0.4) is 0 Å².